The standard InChI is InChI=1S/C11H20N2/c1-6-7-10-8-9(2)12-13(10)11(3,4)5/h8H,6-7H2,1-5H3. The van der Waals surface area contributed by atoms with Gasteiger partial charge in [-0.05, 0) is 40.2 Å². The van der Waals surface area contributed by atoms with E-state index in [1.54, 1.807) is 0 Å². The van der Waals surface area contributed by atoms with E-state index in [-0.39, 0.29) is 5.54 Å². The first kappa shape index (κ1) is 10.3. The first-order valence-corrected chi connectivity index (χ1v) is 5.01. The second kappa shape index (κ2) is 3.52. The van der Waals surface area contributed by atoms with E-state index >= 15 is 0 Å². The fraction of sp³-hybridized carbons (Fsp3) is 0.727. The van der Waals surface area contributed by atoms with Crippen molar-refractivity contribution in [2.24, 2.45) is 0 Å². The molecule has 0 aliphatic carbocycles. The Bertz CT molecular complexity index is 279. The molecule has 0 fully saturated rings. The molecule has 13 heavy (non-hydrogen) atoms. The van der Waals surface area contributed by atoms with Crippen LogP contribution in [0.3, 0.4) is 0 Å². The van der Waals surface area contributed by atoms with Gasteiger partial charge in [0.15, 0.2) is 0 Å². The molecular weight excluding hydrogens is 160 g/mol. The van der Waals surface area contributed by atoms with Crippen molar-refractivity contribution in [2.45, 2.75) is 53.0 Å². The number of hydrogen-bond donors (Lipinski definition) is 0. The smallest absolute Gasteiger partial charge is 0.0596 e. The molecule has 0 bridgehead atoms. The van der Waals surface area contributed by atoms with E-state index in [2.05, 4.69) is 50.5 Å². The SMILES string of the molecule is CCCc1cc(C)nn1C(C)(C)C. The van der Waals surface area contributed by atoms with Crippen molar-refractivity contribution in [1.29, 1.82) is 0 Å². The fourth-order valence-corrected chi connectivity index (χ4v) is 1.57. The Morgan fingerprint density at radius 3 is 2.46 bits per heavy atom. The third kappa shape index (κ3) is 2.33. The number of aromatic nitrogens is 2. The van der Waals surface area contributed by atoms with Gasteiger partial charge in [-0.2, -0.15) is 5.10 Å². The summed E-state index contributed by atoms with van der Waals surface area (Å²) in [4.78, 5) is 0. The first-order chi connectivity index (χ1) is 5.95. The fourth-order valence-electron chi connectivity index (χ4n) is 1.57. The molecule has 0 radical (unpaired) electrons. The van der Waals surface area contributed by atoms with Gasteiger partial charge in [0, 0.05) is 5.69 Å². The Morgan fingerprint density at radius 2 is 2.00 bits per heavy atom. The predicted octanol–water partition coefficient (Wildman–Crippen LogP) is 2.90. The molecule has 0 aromatic carbocycles. The minimum atomic E-state index is 0.110. The predicted molar refractivity (Wildman–Crippen MR) is 56.0 cm³/mol. The van der Waals surface area contributed by atoms with Crippen molar-refractivity contribution in [3.63, 3.8) is 0 Å². The van der Waals surface area contributed by atoms with Crippen molar-refractivity contribution in [2.75, 3.05) is 0 Å². The molecule has 0 spiro atoms. The van der Waals surface area contributed by atoms with Gasteiger partial charge in [-0.1, -0.05) is 13.3 Å². The number of rotatable bonds is 2. The van der Waals surface area contributed by atoms with Gasteiger partial charge in [-0.3, -0.25) is 4.68 Å². The molecule has 0 aliphatic rings. The lowest BCUT2D eigenvalue weighted by Gasteiger charge is -2.22. The van der Waals surface area contributed by atoms with Crippen LogP contribution in [0.2, 0.25) is 0 Å². The summed E-state index contributed by atoms with van der Waals surface area (Å²) < 4.78 is 2.14. The zero-order valence-corrected chi connectivity index (χ0v) is 9.39. The van der Waals surface area contributed by atoms with Crippen LogP contribution in [-0.4, -0.2) is 9.78 Å². The molecule has 1 aromatic heterocycles. The minimum absolute atomic E-state index is 0.110. The molecule has 1 heterocycles. The maximum atomic E-state index is 4.52. The summed E-state index contributed by atoms with van der Waals surface area (Å²) >= 11 is 0. The molecule has 2 heteroatoms. The van der Waals surface area contributed by atoms with Crippen LogP contribution in [0.4, 0.5) is 0 Å². The van der Waals surface area contributed by atoms with Crippen LogP contribution in [-0.2, 0) is 12.0 Å². The van der Waals surface area contributed by atoms with E-state index in [0.29, 0.717) is 0 Å². The Hall–Kier alpha value is -0.790. The molecule has 74 valence electrons. The number of nitrogens with zero attached hydrogens (tertiary/aromatic N) is 2. The summed E-state index contributed by atoms with van der Waals surface area (Å²) in [7, 11) is 0. The molecule has 0 aliphatic heterocycles. The minimum Gasteiger partial charge on any atom is -0.264 e. The maximum Gasteiger partial charge on any atom is 0.0596 e. The summed E-state index contributed by atoms with van der Waals surface area (Å²) in [5, 5.41) is 4.52. The van der Waals surface area contributed by atoms with E-state index in [4.69, 9.17) is 0 Å². The maximum absolute atomic E-state index is 4.52. The van der Waals surface area contributed by atoms with E-state index in [9.17, 15) is 0 Å². The molecule has 1 rings (SSSR count). The summed E-state index contributed by atoms with van der Waals surface area (Å²) in [5.74, 6) is 0. The van der Waals surface area contributed by atoms with Crippen LogP contribution in [0, 0.1) is 6.92 Å². The van der Waals surface area contributed by atoms with E-state index in [0.717, 1.165) is 12.1 Å². The van der Waals surface area contributed by atoms with Gasteiger partial charge in [0.05, 0.1) is 11.2 Å². The van der Waals surface area contributed by atoms with Crippen molar-refractivity contribution < 1.29 is 0 Å². The molecule has 0 amide bonds. The second-order valence-corrected chi connectivity index (χ2v) is 4.61. The lowest BCUT2D eigenvalue weighted by molar-refractivity contribution is 0.341. The van der Waals surface area contributed by atoms with Crippen molar-refractivity contribution in [1.82, 2.24) is 9.78 Å². The van der Waals surface area contributed by atoms with Crippen molar-refractivity contribution in [3.8, 4) is 0 Å². The highest BCUT2D eigenvalue weighted by Gasteiger charge is 2.17. The molecular formula is C11H20N2. The van der Waals surface area contributed by atoms with Gasteiger partial charge in [0.25, 0.3) is 0 Å². The summed E-state index contributed by atoms with van der Waals surface area (Å²) in [6.45, 7) is 10.8. The third-order valence-electron chi connectivity index (χ3n) is 2.05. The summed E-state index contributed by atoms with van der Waals surface area (Å²) in [5.41, 5.74) is 2.59. The highest BCUT2D eigenvalue weighted by atomic mass is 15.3. The highest BCUT2D eigenvalue weighted by molar-refractivity contribution is 5.10. The van der Waals surface area contributed by atoms with Crippen LogP contribution < -0.4 is 0 Å². The quantitative estimate of drug-likeness (QED) is 0.684. The van der Waals surface area contributed by atoms with Crippen molar-refractivity contribution in [3.05, 3.63) is 17.5 Å². The number of hydrogen-bond acceptors (Lipinski definition) is 1. The van der Waals surface area contributed by atoms with Gasteiger partial charge >= 0.3 is 0 Å². The van der Waals surface area contributed by atoms with Gasteiger partial charge in [0.2, 0.25) is 0 Å². The van der Waals surface area contributed by atoms with E-state index < -0.39 is 0 Å². The molecule has 0 atom stereocenters. The molecule has 0 N–H and O–H groups in total. The Morgan fingerprint density at radius 1 is 1.38 bits per heavy atom. The first-order valence-electron chi connectivity index (χ1n) is 5.01. The zero-order chi connectivity index (χ0) is 10.1. The lowest BCUT2D eigenvalue weighted by Crippen LogP contribution is -2.25. The third-order valence-corrected chi connectivity index (χ3v) is 2.05. The molecule has 0 saturated heterocycles. The van der Waals surface area contributed by atoms with Crippen LogP contribution in [0.5, 0.6) is 0 Å². The van der Waals surface area contributed by atoms with Crippen LogP contribution in [0.1, 0.15) is 45.5 Å². The highest BCUT2D eigenvalue weighted by Crippen LogP contribution is 2.18. The van der Waals surface area contributed by atoms with Crippen LogP contribution >= 0.6 is 0 Å². The normalized spacial score (nSPS) is 12.1. The summed E-state index contributed by atoms with van der Waals surface area (Å²) in [6.07, 6.45) is 2.30. The van der Waals surface area contributed by atoms with Gasteiger partial charge in [-0.25, -0.2) is 0 Å². The van der Waals surface area contributed by atoms with E-state index in [1.807, 2.05) is 0 Å². The van der Waals surface area contributed by atoms with E-state index in [1.165, 1.54) is 12.1 Å². The van der Waals surface area contributed by atoms with Gasteiger partial charge in [-0.15, -0.1) is 0 Å². The van der Waals surface area contributed by atoms with Crippen LogP contribution in [0.15, 0.2) is 6.07 Å². The van der Waals surface area contributed by atoms with Crippen LogP contribution in [0.25, 0.3) is 0 Å². The average molecular weight is 180 g/mol. The average Bonchev–Trinajstić information content (AvgIpc) is 2.30. The topological polar surface area (TPSA) is 17.8 Å². The molecule has 0 unspecified atom stereocenters. The second-order valence-electron chi connectivity index (χ2n) is 4.61. The molecule has 1 aromatic rings. The zero-order valence-electron chi connectivity index (χ0n) is 9.39. The largest absolute Gasteiger partial charge is 0.264 e. The monoisotopic (exact) mass is 180 g/mol. The molecule has 2 nitrogen and oxygen atoms in total. The Labute approximate surface area is 81.0 Å². The van der Waals surface area contributed by atoms with Gasteiger partial charge < -0.3 is 0 Å². The van der Waals surface area contributed by atoms with Gasteiger partial charge in [0.1, 0.15) is 0 Å². The van der Waals surface area contributed by atoms with Crippen molar-refractivity contribution >= 4 is 0 Å². The molecule has 0 saturated carbocycles. The summed E-state index contributed by atoms with van der Waals surface area (Å²) in [6, 6.07) is 2.19. The number of aryl methyl sites for hydroxylation is 2. The Kier molecular flexibility index (Phi) is 2.79. The Balaban J connectivity index is 3.04. The lowest BCUT2D eigenvalue weighted by atomic mass is 10.1.